The smallest absolute Gasteiger partial charge is 0.165 e. The maximum atomic E-state index is 13.7. The highest BCUT2D eigenvalue weighted by molar-refractivity contribution is 6.31. The summed E-state index contributed by atoms with van der Waals surface area (Å²) in [5.41, 5.74) is 7.24. The van der Waals surface area contributed by atoms with Crippen molar-refractivity contribution in [2.75, 3.05) is 0 Å². The first-order valence-corrected chi connectivity index (χ1v) is 14.2. The first kappa shape index (κ1) is 25.6. The fraction of sp³-hybridized carbons (Fsp3) is 0.229. The Hall–Kier alpha value is -3.66. The molecule has 1 atom stereocenters. The molecule has 0 bridgehead atoms. The van der Waals surface area contributed by atoms with Gasteiger partial charge < -0.3 is 9.30 Å². The minimum Gasteiger partial charge on any atom is -0.366 e. The molecule has 0 fully saturated rings. The molecular weight excluding hydrogens is 502 g/mol. The molecule has 0 amide bonds. The number of carbonyl (C=O) groups is 1. The quantitative estimate of drug-likeness (QED) is 0.177. The van der Waals surface area contributed by atoms with Gasteiger partial charge in [-0.2, -0.15) is 0 Å². The second kappa shape index (κ2) is 10.8. The second-order valence-corrected chi connectivity index (χ2v) is 10.9. The lowest BCUT2D eigenvalue weighted by Crippen LogP contribution is -2.25. The van der Waals surface area contributed by atoms with Crippen LogP contribution in [0.3, 0.4) is 0 Å². The third-order valence-electron chi connectivity index (χ3n) is 7.95. The number of Topliss-reactive ketones (excluding diaryl/α,β-unsaturated/α-hetero) is 1. The molecule has 39 heavy (non-hydrogen) atoms. The number of nitrogens with zero attached hydrogens (tertiary/aromatic N) is 1. The number of fused-ring (bicyclic) bond motifs is 2. The average Bonchev–Trinajstić information content (AvgIpc) is 3.53. The van der Waals surface area contributed by atoms with Gasteiger partial charge in [0.2, 0.25) is 0 Å². The van der Waals surface area contributed by atoms with Crippen LogP contribution in [-0.2, 0) is 16.9 Å². The van der Waals surface area contributed by atoms with Crippen molar-refractivity contribution in [3.8, 4) is 16.8 Å². The third kappa shape index (κ3) is 4.93. The fourth-order valence-electron chi connectivity index (χ4n) is 6.10. The lowest BCUT2D eigenvalue weighted by molar-refractivity contribution is -0.0525. The van der Waals surface area contributed by atoms with Crippen LogP contribution >= 0.6 is 11.6 Å². The number of ketones is 1. The summed E-state index contributed by atoms with van der Waals surface area (Å²) in [6.45, 7) is 2.85. The van der Waals surface area contributed by atoms with Crippen LogP contribution in [-0.4, -0.2) is 10.4 Å². The van der Waals surface area contributed by atoms with Crippen molar-refractivity contribution in [1.82, 2.24) is 4.57 Å². The Morgan fingerprint density at radius 2 is 1.69 bits per heavy atom. The summed E-state index contributed by atoms with van der Waals surface area (Å²) in [4.78, 5) is 13.7. The molecule has 6 rings (SSSR count). The first-order valence-electron chi connectivity index (χ1n) is 13.8. The topological polar surface area (TPSA) is 31.2 Å². The predicted octanol–water partition coefficient (Wildman–Crippen LogP) is 9.53. The molecule has 196 valence electrons. The van der Waals surface area contributed by atoms with E-state index >= 15 is 0 Å². The molecule has 1 aliphatic rings. The number of benzene rings is 4. The summed E-state index contributed by atoms with van der Waals surface area (Å²) in [6, 6.07) is 33.0. The Labute approximate surface area is 235 Å². The molecule has 5 aromatic rings. The van der Waals surface area contributed by atoms with E-state index in [0.717, 1.165) is 59.0 Å². The number of hydrogen-bond acceptors (Lipinski definition) is 2. The highest BCUT2D eigenvalue weighted by Crippen LogP contribution is 2.44. The van der Waals surface area contributed by atoms with Gasteiger partial charge in [-0.1, -0.05) is 97.7 Å². The van der Waals surface area contributed by atoms with E-state index in [2.05, 4.69) is 72.2 Å². The molecule has 1 aromatic heterocycles. The Bertz CT molecular complexity index is 1630. The van der Waals surface area contributed by atoms with Gasteiger partial charge in [0, 0.05) is 34.3 Å². The van der Waals surface area contributed by atoms with Gasteiger partial charge in [0.15, 0.2) is 5.78 Å². The number of carbonyl (C=O) groups excluding carboxylic acids is 1. The number of ether oxygens (including phenoxy) is 1. The maximum Gasteiger partial charge on any atom is 0.165 e. The minimum atomic E-state index is -0.287. The van der Waals surface area contributed by atoms with Crippen molar-refractivity contribution < 1.29 is 9.53 Å². The number of halogens is 1. The lowest BCUT2D eigenvalue weighted by Gasteiger charge is -2.29. The Balaban J connectivity index is 1.28. The van der Waals surface area contributed by atoms with Gasteiger partial charge in [-0.3, -0.25) is 4.79 Å². The first-order chi connectivity index (χ1) is 19.1. The summed E-state index contributed by atoms with van der Waals surface area (Å²) in [6.07, 6.45) is 6.08. The van der Waals surface area contributed by atoms with Crippen molar-refractivity contribution >= 4 is 28.3 Å². The molecule has 3 nitrogen and oxygen atoms in total. The van der Waals surface area contributed by atoms with Gasteiger partial charge in [-0.15, -0.1) is 0 Å². The van der Waals surface area contributed by atoms with Crippen molar-refractivity contribution in [3.63, 3.8) is 0 Å². The van der Waals surface area contributed by atoms with E-state index in [1.165, 1.54) is 11.1 Å². The van der Waals surface area contributed by atoms with Crippen molar-refractivity contribution in [2.24, 2.45) is 0 Å². The van der Waals surface area contributed by atoms with Gasteiger partial charge in [0.1, 0.15) is 0 Å². The van der Waals surface area contributed by atoms with Crippen LogP contribution in [0, 0.1) is 0 Å². The molecule has 0 N–H and O–H groups in total. The van der Waals surface area contributed by atoms with Crippen LogP contribution in [0.5, 0.6) is 0 Å². The standard InChI is InChI=1S/C35H32ClNO2/c1-2-19-35(32-15-7-6-12-27(32)24-39-35)20-9-16-34(38)31-23-37(33-22-28(36)17-18-30(31)33)29-14-8-13-26(21-29)25-10-4-3-5-11-25/h3-8,10-15,17-18,21-23H,2,9,16,19-20,24H2,1H3. The summed E-state index contributed by atoms with van der Waals surface area (Å²) in [5.74, 6) is 0.151. The zero-order chi connectivity index (χ0) is 26.8. The maximum absolute atomic E-state index is 13.7. The van der Waals surface area contributed by atoms with Crippen molar-refractivity contribution in [1.29, 1.82) is 0 Å². The zero-order valence-corrected chi connectivity index (χ0v) is 23.0. The predicted molar refractivity (Wildman–Crippen MR) is 160 cm³/mol. The SMILES string of the molecule is CCCC1(CCCC(=O)c2cn(-c3cccc(-c4ccccc4)c3)c3cc(Cl)ccc23)OCc2ccccc21. The summed E-state index contributed by atoms with van der Waals surface area (Å²) >= 11 is 6.42. The molecule has 0 saturated heterocycles. The fourth-order valence-corrected chi connectivity index (χ4v) is 6.26. The molecule has 4 heteroatoms. The van der Waals surface area contributed by atoms with Crippen LogP contribution in [0.4, 0.5) is 0 Å². The van der Waals surface area contributed by atoms with Crippen LogP contribution in [0.1, 0.15) is 60.5 Å². The van der Waals surface area contributed by atoms with E-state index in [9.17, 15) is 4.79 Å². The molecular formula is C35H32ClNO2. The van der Waals surface area contributed by atoms with Gasteiger partial charge >= 0.3 is 0 Å². The number of hydrogen-bond donors (Lipinski definition) is 0. The monoisotopic (exact) mass is 533 g/mol. The molecule has 2 heterocycles. The van der Waals surface area contributed by atoms with Crippen LogP contribution in [0.25, 0.3) is 27.7 Å². The summed E-state index contributed by atoms with van der Waals surface area (Å²) < 4.78 is 8.49. The van der Waals surface area contributed by atoms with Gasteiger partial charge in [-0.25, -0.2) is 0 Å². The van der Waals surface area contributed by atoms with E-state index in [0.29, 0.717) is 18.1 Å². The van der Waals surface area contributed by atoms with Gasteiger partial charge in [0.25, 0.3) is 0 Å². The normalized spacial score (nSPS) is 16.5. The molecule has 0 radical (unpaired) electrons. The van der Waals surface area contributed by atoms with Crippen molar-refractivity contribution in [2.45, 2.75) is 51.2 Å². The van der Waals surface area contributed by atoms with E-state index in [1.54, 1.807) is 0 Å². The second-order valence-electron chi connectivity index (χ2n) is 10.5. The lowest BCUT2D eigenvalue weighted by atomic mass is 9.83. The molecule has 4 aromatic carbocycles. The summed E-state index contributed by atoms with van der Waals surface area (Å²) in [7, 11) is 0. The molecule has 0 aliphatic carbocycles. The molecule has 1 aliphatic heterocycles. The Kier molecular flexibility index (Phi) is 7.12. The minimum absolute atomic E-state index is 0.151. The third-order valence-corrected chi connectivity index (χ3v) is 8.19. The van der Waals surface area contributed by atoms with Crippen molar-refractivity contribution in [3.05, 3.63) is 125 Å². The van der Waals surface area contributed by atoms with E-state index in [-0.39, 0.29) is 11.4 Å². The van der Waals surface area contributed by atoms with Gasteiger partial charge in [-0.05, 0) is 65.8 Å². The van der Waals surface area contributed by atoms with E-state index < -0.39 is 0 Å². The van der Waals surface area contributed by atoms with Crippen LogP contribution < -0.4 is 0 Å². The molecule has 0 spiro atoms. The summed E-state index contributed by atoms with van der Waals surface area (Å²) in [5, 5.41) is 1.58. The largest absolute Gasteiger partial charge is 0.366 e. The van der Waals surface area contributed by atoms with Crippen LogP contribution in [0.2, 0.25) is 5.02 Å². The van der Waals surface area contributed by atoms with Gasteiger partial charge in [0.05, 0.1) is 17.7 Å². The zero-order valence-electron chi connectivity index (χ0n) is 22.2. The number of aromatic nitrogens is 1. The highest BCUT2D eigenvalue weighted by Gasteiger charge is 2.38. The molecule has 0 saturated carbocycles. The Morgan fingerprint density at radius 1 is 0.897 bits per heavy atom. The number of rotatable bonds is 9. The average molecular weight is 534 g/mol. The highest BCUT2D eigenvalue weighted by atomic mass is 35.5. The van der Waals surface area contributed by atoms with E-state index in [4.69, 9.17) is 16.3 Å². The van der Waals surface area contributed by atoms with E-state index in [1.807, 2.05) is 42.6 Å². The van der Waals surface area contributed by atoms with Crippen LogP contribution in [0.15, 0.2) is 103 Å². The molecule has 1 unspecified atom stereocenters. The Morgan fingerprint density at radius 3 is 2.54 bits per heavy atom.